The maximum absolute atomic E-state index is 13.5. The average molecular weight is 255 g/mol. The van der Waals surface area contributed by atoms with Crippen molar-refractivity contribution in [1.29, 1.82) is 0 Å². The van der Waals surface area contributed by atoms with Crippen molar-refractivity contribution in [2.75, 3.05) is 13.3 Å². The van der Waals surface area contributed by atoms with E-state index in [1.54, 1.807) is 6.92 Å². The highest BCUT2D eigenvalue weighted by molar-refractivity contribution is 5.86. The third-order valence-corrected chi connectivity index (χ3v) is 2.20. The summed E-state index contributed by atoms with van der Waals surface area (Å²) in [5, 5.41) is 2.55. The van der Waals surface area contributed by atoms with Crippen LogP contribution in [0.25, 0.3) is 0 Å². The Kier molecular flexibility index (Phi) is 5.84. The van der Waals surface area contributed by atoms with Crippen molar-refractivity contribution in [3.05, 3.63) is 47.4 Å². The van der Waals surface area contributed by atoms with Crippen LogP contribution in [-0.2, 0) is 16.1 Å². The first-order valence-electron chi connectivity index (χ1n) is 5.58. The molecule has 3 nitrogen and oxygen atoms in total. The first kappa shape index (κ1) is 14.2. The molecule has 18 heavy (non-hydrogen) atoms. The molecule has 0 fully saturated rings. The van der Waals surface area contributed by atoms with Crippen LogP contribution in [0.2, 0.25) is 0 Å². The first-order valence-corrected chi connectivity index (χ1v) is 5.58. The molecule has 0 saturated heterocycles. The Balaban J connectivity index is 2.66. The summed E-state index contributed by atoms with van der Waals surface area (Å²) < 4.78 is 30.6. The highest BCUT2D eigenvalue weighted by atomic mass is 19.1. The number of carbonyl (C=O) groups excluding carboxylic acids is 1. The summed E-state index contributed by atoms with van der Waals surface area (Å²) in [6, 6.07) is 9.10. The Morgan fingerprint density at radius 3 is 2.56 bits per heavy atom. The van der Waals surface area contributed by atoms with E-state index in [1.807, 2.05) is 30.3 Å². The number of esters is 1. The normalized spacial score (nSPS) is 11.7. The van der Waals surface area contributed by atoms with Crippen molar-refractivity contribution < 1.29 is 18.3 Å². The molecule has 0 aliphatic carbocycles. The molecule has 0 heterocycles. The molecule has 1 N–H and O–H groups in total. The van der Waals surface area contributed by atoms with E-state index in [-0.39, 0.29) is 13.2 Å². The van der Waals surface area contributed by atoms with Gasteiger partial charge < -0.3 is 10.1 Å². The highest BCUT2D eigenvalue weighted by Crippen LogP contribution is 2.08. The van der Waals surface area contributed by atoms with E-state index >= 15 is 0 Å². The minimum Gasteiger partial charge on any atom is -0.461 e. The Hall–Kier alpha value is -1.91. The number of hydrogen-bond donors (Lipinski definition) is 1. The smallest absolute Gasteiger partial charge is 0.369 e. The third kappa shape index (κ3) is 4.16. The van der Waals surface area contributed by atoms with Gasteiger partial charge in [-0.15, -0.1) is 0 Å². The molecule has 0 saturated carbocycles. The zero-order chi connectivity index (χ0) is 13.4. The Morgan fingerprint density at radius 1 is 1.33 bits per heavy atom. The van der Waals surface area contributed by atoms with Gasteiger partial charge in [0.25, 0.3) is 0 Å². The summed E-state index contributed by atoms with van der Waals surface area (Å²) in [5.41, 5.74) is 0.470. The molecule has 1 aromatic rings. The van der Waals surface area contributed by atoms with Crippen molar-refractivity contribution in [3.63, 3.8) is 0 Å². The molecule has 98 valence electrons. The number of hydrogen-bond acceptors (Lipinski definition) is 3. The second-order valence-electron chi connectivity index (χ2n) is 3.49. The lowest BCUT2D eigenvalue weighted by Gasteiger charge is -2.09. The number of ether oxygens (including phenoxy) is 1. The standard InChI is InChI=1S/C13H15F2NO2/c1-2-18-13(17)12(15)11(8-14)16-9-10-6-4-3-5-7-10/h3-7,16H,2,8-9H2,1H3. The quantitative estimate of drug-likeness (QED) is 0.627. The zero-order valence-corrected chi connectivity index (χ0v) is 10.1. The van der Waals surface area contributed by atoms with E-state index in [0.29, 0.717) is 0 Å². The molecular weight excluding hydrogens is 240 g/mol. The molecule has 0 aromatic heterocycles. The zero-order valence-electron chi connectivity index (χ0n) is 10.1. The van der Waals surface area contributed by atoms with Gasteiger partial charge in [0, 0.05) is 6.54 Å². The number of allylic oxidation sites excluding steroid dienone is 1. The van der Waals surface area contributed by atoms with Gasteiger partial charge >= 0.3 is 5.97 Å². The van der Waals surface area contributed by atoms with Crippen molar-refractivity contribution >= 4 is 5.97 Å². The van der Waals surface area contributed by atoms with Crippen LogP contribution in [-0.4, -0.2) is 19.3 Å². The van der Waals surface area contributed by atoms with Gasteiger partial charge in [-0.3, -0.25) is 0 Å². The van der Waals surface area contributed by atoms with Crippen LogP contribution in [0.5, 0.6) is 0 Å². The minimum absolute atomic E-state index is 0.0461. The minimum atomic E-state index is -1.21. The molecule has 0 amide bonds. The van der Waals surface area contributed by atoms with Crippen molar-refractivity contribution in [2.24, 2.45) is 0 Å². The molecule has 5 heteroatoms. The Morgan fingerprint density at radius 2 is 2.00 bits per heavy atom. The lowest BCUT2D eigenvalue weighted by Crippen LogP contribution is -2.19. The number of halogens is 2. The summed E-state index contributed by atoms with van der Waals surface area (Å²) in [5.74, 6) is -2.36. The van der Waals surface area contributed by atoms with Gasteiger partial charge in [-0.1, -0.05) is 30.3 Å². The van der Waals surface area contributed by atoms with Gasteiger partial charge in [-0.05, 0) is 12.5 Å². The SMILES string of the molecule is CCOC(=O)C(F)=C(CF)NCc1ccccc1. The fraction of sp³-hybridized carbons (Fsp3) is 0.308. The molecular formula is C13H15F2NO2. The van der Waals surface area contributed by atoms with Gasteiger partial charge in [-0.2, -0.15) is 4.39 Å². The molecule has 0 radical (unpaired) electrons. The molecule has 0 unspecified atom stereocenters. The number of nitrogens with one attached hydrogen (secondary N) is 1. The number of carbonyl (C=O) groups is 1. The van der Waals surface area contributed by atoms with Gasteiger partial charge in [0.05, 0.1) is 12.3 Å². The maximum atomic E-state index is 13.5. The predicted molar refractivity (Wildman–Crippen MR) is 64.0 cm³/mol. The van der Waals surface area contributed by atoms with E-state index in [4.69, 9.17) is 0 Å². The summed E-state index contributed by atoms with van der Waals surface area (Å²) in [6.45, 7) is 0.757. The van der Waals surface area contributed by atoms with Crippen LogP contribution in [0.1, 0.15) is 12.5 Å². The topological polar surface area (TPSA) is 38.3 Å². The monoisotopic (exact) mass is 255 g/mol. The van der Waals surface area contributed by atoms with E-state index in [1.165, 1.54) is 0 Å². The van der Waals surface area contributed by atoms with E-state index in [9.17, 15) is 13.6 Å². The van der Waals surface area contributed by atoms with Crippen molar-refractivity contribution in [3.8, 4) is 0 Å². The van der Waals surface area contributed by atoms with E-state index in [0.717, 1.165) is 5.56 Å². The second-order valence-corrected chi connectivity index (χ2v) is 3.49. The molecule has 0 atom stereocenters. The maximum Gasteiger partial charge on any atom is 0.369 e. The van der Waals surface area contributed by atoms with Crippen LogP contribution in [0, 0.1) is 0 Å². The summed E-state index contributed by atoms with van der Waals surface area (Å²) >= 11 is 0. The first-order chi connectivity index (χ1) is 8.69. The third-order valence-electron chi connectivity index (χ3n) is 2.20. The predicted octanol–water partition coefficient (Wildman–Crippen LogP) is 2.49. The van der Waals surface area contributed by atoms with Crippen molar-refractivity contribution in [2.45, 2.75) is 13.5 Å². The number of alkyl halides is 1. The van der Waals surface area contributed by atoms with Crippen LogP contribution in [0.4, 0.5) is 8.78 Å². The van der Waals surface area contributed by atoms with Gasteiger partial charge in [-0.25, -0.2) is 9.18 Å². The van der Waals surface area contributed by atoms with Gasteiger partial charge in [0.15, 0.2) is 0 Å². The largest absolute Gasteiger partial charge is 0.461 e. The molecule has 1 aromatic carbocycles. The summed E-state index contributed by atoms with van der Waals surface area (Å²) in [4.78, 5) is 11.1. The van der Waals surface area contributed by atoms with E-state index in [2.05, 4.69) is 10.1 Å². The summed E-state index contributed by atoms with van der Waals surface area (Å²) in [6.07, 6.45) is 0. The lowest BCUT2D eigenvalue weighted by atomic mass is 10.2. The number of benzene rings is 1. The highest BCUT2D eigenvalue weighted by Gasteiger charge is 2.16. The Bertz CT molecular complexity index is 418. The van der Waals surface area contributed by atoms with E-state index < -0.39 is 24.2 Å². The molecule has 0 aliphatic rings. The summed E-state index contributed by atoms with van der Waals surface area (Å²) in [7, 11) is 0. The average Bonchev–Trinajstić information content (AvgIpc) is 2.40. The Labute approximate surface area is 104 Å². The van der Waals surface area contributed by atoms with Crippen LogP contribution >= 0.6 is 0 Å². The lowest BCUT2D eigenvalue weighted by molar-refractivity contribution is -0.140. The van der Waals surface area contributed by atoms with Crippen LogP contribution < -0.4 is 5.32 Å². The molecule has 0 spiro atoms. The molecule has 0 bridgehead atoms. The van der Waals surface area contributed by atoms with Crippen LogP contribution in [0.3, 0.4) is 0 Å². The second kappa shape index (κ2) is 7.42. The van der Waals surface area contributed by atoms with Gasteiger partial charge in [0.1, 0.15) is 6.67 Å². The number of rotatable bonds is 6. The molecule has 1 rings (SSSR count). The van der Waals surface area contributed by atoms with Crippen LogP contribution in [0.15, 0.2) is 41.9 Å². The van der Waals surface area contributed by atoms with Crippen molar-refractivity contribution in [1.82, 2.24) is 5.32 Å². The molecule has 0 aliphatic heterocycles. The fourth-order valence-corrected chi connectivity index (χ4v) is 1.31. The fourth-order valence-electron chi connectivity index (χ4n) is 1.31. The van der Waals surface area contributed by atoms with Gasteiger partial charge in [0.2, 0.25) is 5.83 Å².